The Kier molecular flexibility index (Phi) is 3.23. The minimum atomic E-state index is -0.478. The molecule has 5 heteroatoms. The van der Waals surface area contributed by atoms with Gasteiger partial charge in [-0.3, -0.25) is 9.59 Å². The zero-order valence-electron chi connectivity index (χ0n) is 10.2. The van der Waals surface area contributed by atoms with Crippen LogP contribution in [0.25, 0.3) is 11.3 Å². The summed E-state index contributed by atoms with van der Waals surface area (Å²) in [4.78, 5) is 24.8. The van der Waals surface area contributed by atoms with Crippen molar-refractivity contribution in [3.63, 3.8) is 0 Å². The van der Waals surface area contributed by atoms with Crippen LogP contribution in [-0.4, -0.2) is 35.1 Å². The molecular weight excluding hydrogens is 230 g/mol. The minimum Gasteiger partial charge on any atom is -0.345 e. The number of nitrogens with one attached hydrogen (secondary N) is 1. The Morgan fingerprint density at radius 2 is 1.89 bits per heavy atom. The molecule has 0 radical (unpaired) electrons. The average Bonchev–Trinajstić information content (AvgIpc) is 2.39. The highest BCUT2D eigenvalue weighted by Gasteiger charge is 2.14. The maximum Gasteiger partial charge on any atom is 0.277 e. The lowest BCUT2D eigenvalue weighted by atomic mass is 10.1. The van der Waals surface area contributed by atoms with Gasteiger partial charge in [-0.25, -0.2) is 5.10 Å². The van der Waals surface area contributed by atoms with E-state index in [4.69, 9.17) is 0 Å². The first kappa shape index (κ1) is 12.0. The van der Waals surface area contributed by atoms with Crippen molar-refractivity contribution in [1.82, 2.24) is 15.1 Å². The molecule has 1 aromatic heterocycles. The number of nitrogens with zero attached hydrogens (tertiary/aromatic N) is 2. The van der Waals surface area contributed by atoms with Crippen molar-refractivity contribution in [2.45, 2.75) is 0 Å². The molecule has 0 saturated heterocycles. The van der Waals surface area contributed by atoms with Gasteiger partial charge in [-0.05, 0) is 6.07 Å². The summed E-state index contributed by atoms with van der Waals surface area (Å²) in [6, 6.07) is 10.9. The van der Waals surface area contributed by atoms with E-state index in [1.54, 1.807) is 14.1 Å². The second kappa shape index (κ2) is 4.83. The van der Waals surface area contributed by atoms with Crippen molar-refractivity contribution < 1.29 is 4.79 Å². The lowest BCUT2D eigenvalue weighted by molar-refractivity contribution is 0.0825. The average molecular weight is 243 g/mol. The monoisotopic (exact) mass is 243 g/mol. The summed E-state index contributed by atoms with van der Waals surface area (Å²) < 4.78 is 0. The first-order chi connectivity index (χ1) is 8.59. The van der Waals surface area contributed by atoms with Gasteiger partial charge in [-0.2, -0.15) is 5.10 Å². The number of hydrogen-bond donors (Lipinski definition) is 1. The molecule has 2 rings (SSSR count). The van der Waals surface area contributed by atoms with E-state index in [2.05, 4.69) is 10.2 Å². The van der Waals surface area contributed by atoms with Crippen LogP contribution in [0.4, 0.5) is 0 Å². The molecule has 0 aliphatic heterocycles. The number of aromatic nitrogens is 2. The van der Waals surface area contributed by atoms with E-state index >= 15 is 0 Å². The van der Waals surface area contributed by atoms with Crippen molar-refractivity contribution in [1.29, 1.82) is 0 Å². The lowest BCUT2D eigenvalue weighted by Gasteiger charge is -2.09. The van der Waals surface area contributed by atoms with E-state index in [1.165, 1.54) is 11.0 Å². The molecule has 92 valence electrons. The fourth-order valence-corrected chi connectivity index (χ4v) is 1.56. The van der Waals surface area contributed by atoms with Gasteiger partial charge >= 0.3 is 0 Å². The van der Waals surface area contributed by atoms with Crippen molar-refractivity contribution in [2.75, 3.05) is 14.1 Å². The van der Waals surface area contributed by atoms with Crippen LogP contribution in [0.15, 0.2) is 41.2 Å². The first-order valence-corrected chi connectivity index (χ1v) is 5.46. The minimum absolute atomic E-state index is 0.0915. The molecule has 1 heterocycles. The third-order valence-corrected chi connectivity index (χ3v) is 2.51. The molecule has 18 heavy (non-hydrogen) atoms. The van der Waals surface area contributed by atoms with Gasteiger partial charge < -0.3 is 4.90 Å². The molecule has 0 saturated carbocycles. The van der Waals surface area contributed by atoms with Gasteiger partial charge in [-0.1, -0.05) is 30.3 Å². The van der Waals surface area contributed by atoms with Gasteiger partial charge in [0, 0.05) is 19.7 Å². The largest absolute Gasteiger partial charge is 0.345 e. The van der Waals surface area contributed by atoms with Crippen LogP contribution in [0.2, 0.25) is 0 Å². The predicted molar refractivity (Wildman–Crippen MR) is 68.3 cm³/mol. The van der Waals surface area contributed by atoms with Gasteiger partial charge in [0.2, 0.25) is 0 Å². The second-order valence-corrected chi connectivity index (χ2v) is 4.06. The smallest absolute Gasteiger partial charge is 0.277 e. The van der Waals surface area contributed by atoms with Crippen LogP contribution in [0.1, 0.15) is 10.4 Å². The van der Waals surface area contributed by atoms with Gasteiger partial charge in [0.05, 0.1) is 5.69 Å². The number of benzene rings is 1. The Labute approximate surface area is 104 Å². The zero-order valence-corrected chi connectivity index (χ0v) is 10.2. The maximum absolute atomic E-state index is 11.8. The van der Waals surface area contributed by atoms with E-state index in [9.17, 15) is 9.59 Å². The van der Waals surface area contributed by atoms with Gasteiger partial charge in [-0.15, -0.1) is 0 Å². The third kappa shape index (κ3) is 2.29. The van der Waals surface area contributed by atoms with E-state index in [-0.39, 0.29) is 11.5 Å². The summed E-state index contributed by atoms with van der Waals surface area (Å²) in [5.41, 5.74) is 1.03. The number of rotatable bonds is 2. The Balaban J connectivity index is 2.51. The van der Waals surface area contributed by atoms with Crippen molar-refractivity contribution in [3.05, 3.63) is 52.3 Å². The summed E-state index contributed by atoms with van der Waals surface area (Å²) in [6.45, 7) is 0. The van der Waals surface area contributed by atoms with Crippen LogP contribution in [-0.2, 0) is 0 Å². The highest BCUT2D eigenvalue weighted by Crippen LogP contribution is 2.15. The first-order valence-electron chi connectivity index (χ1n) is 5.46. The van der Waals surface area contributed by atoms with Gasteiger partial charge in [0.1, 0.15) is 5.56 Å². The molecule has 5 nitrogen and oxygen atoms in total. The normalized spacial score (nSPS) is 10.1. The second-order valence-electron chi connectivity index (χ2n) is 4.06. The Hall–Kier alpha value is -2.43. The van der Waals surface area contributed by atoms with Crippen molar-refractivity contribution >= 4 is 5.91 Å². The summed E-state index contributed by atoms with van der Waals surface area (Å²) in [7, 11) is 3.20. The molecule has 1 aromatic carbocycles. The highest BCUT2D eigenvalue weighted by molar-refractivity contribution is 5.94. The van der Waals surface area contributed by atoms with Crippen LogP contribution >= 0.6 is 0 Å². The molecule has 0 fully saturated rings. The van der Waals surface area contributed by atoms with Crippen LogP contribution in [0.5, 0.6) is 0 Å². The maximum atomic E-state index is 11.8. The third-order valence-electron chi connectivity index (χ3n) is 2.51. The zero-order chi connectivity index (χ0) is 13.1. The number of carbonyl (C=O) groups excluding carboxylic acids is 1. The summed E-state index contributed by atoms with van der Waals surface area (Å²) in [5.74, 6) is -0.337. The van der Waals surface area contributed by atoms with Crippen LogP contribution < -0.4 is 5.56 Å². The standard InChI is InChI=1S/C13H13N3O2/c1-16(2)13(18)10-8-11(14-15-12(10)17)9-6-4-3-5-7-9/h3-8H,1-2H3,(H,15,17). The quantitative estimate of drug-likeness (QED) is 0.860. The van der Waals surface area contributed by atoms with Gasteiger partial charge in [0.25, 0.3) is 11.5 Å². The van der Waals surface area contributed by atoms with E-state index in [0.29, 0.717) is 5.69 Å². The topological polar surface area (TPSA) is 66.1 Å². The molecule has 0 spiro atoms. The molecule has 0 aliphatic rings. The lowest BCUT2D eigenvalue weighted by Crippen LogP contribution is -2.29. The van der Waals surface area contributed by atoms with E-state index in [0.717, 1.165) is 5.56 Å². The molecule has 0 bridgehead atoms. The molecule has 2 aromatic rings. The number of amides is 1. The SMILES string of the molecule is CN(C)C(=O)c1cc(-c2ccccc2)n[nH]c1=O. The van der Waals surface area contributed by atoms with Crippen LogP contribution in [0, 0.1) is 0 Å². The van der Waals surface area contributed by atoms with Crippen molar-refractivity contribution in [3.8, 4) is 11.3 Å². The Bertz CT molecular complexity index is 618. The van der Waals surface area contributed by atoms with E-state index in [1.807, 2.05) is 30.3 Å². The summed E-state index contributed by atoms with van der Waals surface area (Å²) in [5, 5.41) is 6.29. The summed E-state index contributed by atoms with van der Waals surface area (Å²) in [6.07, 6.45) is 0. The number of aromatic amines is 1. The summed E-state index contributed by atoms with van der Waals surface area (Å²) >= 11 is 0. The molecule has 0 unspecified atom stereocenters. The fourth-order valence-electron chi connectivity index (χ4n) is 1.56. The fraction of sp³-hybridized carbons (Fsp3) is 0.154. The Morgan fingerprint density at radius 1 is 1.22 bits per heavy atom. The molecule has 1 N–H and O–H groups in total. The van der Waals surface area contributed by atoms with Crippen LogP contribution in [0.3, 0.4) is 0 Å². The number of H-pyrrole nitrogens is 1. The number of hydrogen-bond acceptors (Lipinski definition) is 3. The van der Waals surface area contributed by atoms with Crippen molar-refractivity contribution in [2.24, 2.45) is 0 Å². The molecule has 0 aliphatic carbocycles. The Morgan fingerprint density at radius 3 is 2.50 bits per heavy atom. The predicted octanol–water partition coefficient (Wildman–Crippen LogP) is 1.14. The number of carbonyl (C=O) groups is 1. The van der Waals surface area contributed by atoms with Gasteiger partial charge in [0.15, 0.2) is 0 Å². The molecule has 0 atom stereocenters. The molecule has 1 amide bonds. The van der Waals surface area contributed by atoms with E-state index < -0.39 is 5.56 Å². The molecular formula is C13H13N3O2. The highest BCUT2D eigenvalue weighted by atomic mass is 16.2.